The Balaban J connectivity index is 1.16. The van der Waals surface area contributed by atoms with Crippen LogP contribution in [0.1, 0.15) is 61.7 Å². The molecule has 1 aromatic carbocycles. The summed E-state index contributed by atoms with van der Waals surface area (Å²) in [7, 11) is 0. The standard InChI is InChI=1S/C24H32N2O3S/c27-22(26-24-11-16-8-17(12-24)10-18(9-16)13-24)15-30-21-6-2-1-5-20(21)23(28)25-14-19-4-3-7-29-19/h1-2,5-6,16-19H,3-4,7-15H2,(H,25,28)(H,26,27). The molecule has 0 radical (unpaired) electrons. The lowest BCUT2D eigenvalue weighted by Gasteiger charge is -2.56. The van der Waals surface area contributed by atoms with Gasteiger partial charge in [0.2, 0.25) is 5.91 Å². The fourth-order valence-electron chi connectivity index (χ4n) is 6.63. The molecular weight excluding hydrogens is 396 g/mol. The molecule has 1 heterocycles. The number of amides is 2. The third-order valence-corrected chi connectivity index (χ3v) is 8.52. The summed E-state index contributed by atoms with van der Waals surface area (Å²) in [6.45, 7) is 1.33. The van der Waals surface area contributed by atoms with Crippen LogP contribution < -0.4 is 10.6 Å². The van der Waals surface area contributed by atoms with Gasteiger partial charge < -0.3 is 15.4 Å². The highest BCUT2D eigenvalue weighted by molar-refractivity contribution is 8.00. The Kier molecular flexibility index (Phi) is 5.80. The molecule has 2 amide bonds. The molecule has 162 valence electrons. The number of thioether (sulfide) groups is 1. The monoisotopic (exact) mass is 428 g/mol. The Hall–Kier alpha value is -1.53. The zero-order chi connectivity index (χ0) is 20.6. The van der Waals surface area contributed by atoms with Gasteiger partial charge in [0.1, 0.15) is 0 Å². The average molecular weight is 429 g/mol. The van der Waals surface area contributed by atoms with Crippen molar-refractivity contribution in [3.8, 4) is 0 Å². The van der Waals surface area contributed by atoms with Crippen LogP contribution in [0.25, 0.3) is 0 Å². The summed E-state index contributed by atoms with van der Waals surface area (Å²) in [5.74, 6) is 2.83. The third-order valence-electron chi connectivity index (χ3n) is 7.45. The third kappa shape index (κ3) is 4.40. The molecule has 0 aromatic heterocycles. The number of carbonyl (C=O) groups is 2. The average Bonchev–Trinajstić information content (AvgIpc) is 3.23. The zero-order valence-electron chi connectivity index (χ0n) is 17.5. The lowest BCUT2D eigenvalue weighted by Crippen LogP contribution is -2.60. The lowest BCUT2D eigenvalue weighted by molar-refractivity contribution is -0.124. The molecule has 6 heteroatoms. The van der Waals surface area contributed by atoms with Crippen molar-refractivity contribution in [1.29, 1.82) is 0 Å². The van der Waals surface area contributed by atoms with Crippen molar-refractivity contribution in [2.75, 3.05) is 18.9 Å². The minimum absolute atomic E-state index is 0.0462. The highest BCUT2D eigenvalue weighted by Gasteiger charge is 2.51. The largest absolute Gasteiger partial charge is 0.376 e. The number of carbonyl (C=O) groups excluding carboxylic acids is 2. The van der Waals surface area contributed by atoms with Gasteiger partial charge in [-0.05, 0) is 81.3 Å². The van der Waals surface area contributed by atoms with Crippen LogP contribution in [0.5, 0.6) is 0 Å². The first-order valence-electron chi connectivity index (χ1n) is 11.5. The van der Waals surface area contributed by atoms with Crippen molar-refractivity contribution < 1.29 is 14.3 Å². The van der Waals surface area contributed by atoms with Crippen LogP contribution in [-0.2, 0) is 9.53 Å². The van der Waals surface area contributed by atoms with Crippen LogP contribution in [0, 0.1) is 17.8 Å². The number of hydrogen-bond acceptors (Lipinski definition) is 4. The van der Waals surface area contributed by atoms with E-state index in [1.165, 1.54) is 50.3 Å². The summed E-state index contributed by atoms with van der Waals surface area (Å²) in [6, 6.07) is 7.57. The van der Waals surface area contributed by atoms with Crippen LogP contribution in [0.2, 0.25) is 0 Å². The van der Waals surface area contributed by atoms with E-state index in [9.17, 15) is 9.59 Å². The summed E-state index contributed by atoms with van der Waals surface area (Å²) < 4.78 is 5.59. The SMILES string of the molecule is O=C(CSc1ccccc1C(=O)NCC1CCCO1)NC12CC3CC(CC(C3)C1)C2. The van der Waals surface area contributed by atoms with Crippen LogP contribution in [0.4, 0.5) is 0 Å². The maximum atomic E-state index is 12.8. The van der Waals surface area contributed by atoms with Gasteiger partial charge in [0.05, 0.1) is 17.4 Å². The lowest BCUT2D eigenvalue weighted by atomic mass is 9.53. The fourth-order valence-corrected chi connectivity index (χ4v) is 7.48. The van der Waals surface area contributed by atoms with Crippen molar-refractivity contribution in [3.05, 3.63) is 29.8 Å². The van der Waals surface area contributed by atoms with E-state index >= 15 is 0 Å². The minimum Gasteiger partial charge on any atom is -0.376 e. The van der Waals surface area contributed by atoms with Crippen LogP contribution >= 0.6 is 11.8 Å². The van der Waals surface area contributed by atoms with Gasteiger partial charge in [0, 0.05) is 23.6 Å². The summed E-state index contributed by atoms with van der Waals surface area (Å²) in [4.78, 5) is 26.4. The molecule has 5 aliphatic rings. The van der Waals surface area contributed by atoms with Crippen molar-refractivity contribution in [3.63, 3.8) is 0 Å². The van der Waals surface area contributed by atoms with Crippen molar-refractivity contribution in [2.45, 2.75) is 67.9 Å². The number of rotatable bonds is 7. The number of nitrogens with one attached hydrogen (secondary N) is 2. The van der Waals surface area contributed by atoms with E-state index in [4.69, 9.17) is 4.74 Å². The minimum atomic E-state index is -0.0879. The highest BCUT2D eigenvalue weighted by Crippen LogP contribution is 2.55. The summed E-state index contributed by atoms with van der Waals surface area (Å²) in [5.41, 5.74) is 0.688. The van der Waals surface area contributed by atoms with Crippen molar-refractivity contribution in [1.82, 2.24) is 10.6 Å². The Labute approximate surface area is 183 Å². The number of benzene rings is 1. The second kappa shape index (κ2) is 8.54. The van der Waals surface area contributed by atoms with E-state index in [0.717, 1.165) is 42.1 Å². The van der Waals surface area contributed by atoms with Gasteiger partial charge in [-0.1, -0.05) is 12.1 Å². The molecule has 4 bridgehead atoms. The van der Waals surface area contributed by atoms with Crippen LogP contribution in [0.3, 0.4) is 0 Å². The van der Waals surface area contributed by atoms with Gasteiger partial charge in [0.25, 0.3) is 5.91 Å². The first-order valence-corrected chi connectivity index (χ1v) is 12.5. The molecule has 1 aliphatic heterocycles. The molecule has 0 spiro atoms. The quantitative estimate of drug-likeness (QED) is 0.649. The molecule has 5 fully saturated rings. The molecule has 1 atom stereocenters. The van der Waals surface area contributed by atoms with E-state index < -0.39 is 0 Å². The zero-order valence-corrected chi connectivity index (χ0v) is 18.3. The van der Waals surface area contributed by atoms with E-state index in [2.05, 4.69) is 10.6 Å². The molecule has 5 nitrogen and oxygen atoms in total. The van der Waals surface area contributed by atoms with Crippen molar-refractivity contribution >= 4 is 23.6 Å². The second-order valence-electron chi connectivity index (χ2n) is 9.88. The summed E-state index contributed by atoms with van der Waals surface area (Å²) in [5, 5.41) is 6.42. The topological polar surface area (TPSA) is 67.4 Å². The van der Waals surface area contributed by atoms with Crippen LogP contribution in [-0.4, -0.2) is 42.4 Å². The van der Waals surface area contributed by atoms with Gasteiger partial charge in [-0.2, -0.15) is 0 Å². The fraction of sp³-hybridized carbons (Fsp3) is 0.667. The maximum Gasteiger partial charge on any atom is 0.252 e. The predicted octanol–water partition coefficient (Wildman–Crippen LogP) is 3.77. The van der Waals surface area contributed by atoms with Crippen LogP contribution in [0.15, 0.2) is 29.2 Å². The predicted molar refractivity (Wildman–Crippen MR) is 118 cm³/mol. The number of ether oxygens (including phenoxy) is 1. The first-order chi connectivity index (χ1) is 14.6. The van der Waals surface area contributed by atoms with Gasteiger partial charge in [-0.15, -0.1) is 11.8 Å². The molecule has 1 unspecified atom stereocenters. The molecule has 30 heavy (non-hydrogen) atoms. The van der Waals surface area contributed by atoms with E-state index in [1.54, 1.807) is 0 Å². The molecule has 4 aliphatic carbocycles. The van der Waals surface area contributed by atoms with Gasteiger partial charge in [-0.3, -0.25) is 9.59 Å². The second-order valence-corrected chi connectivity index (χ2v) is 10.9. The molecular formula is C24H32N2O3S. The maximum absolute atomic E-state index is 12.8. The molecule has 6 rings (SSSR count). The smallest absolute Gasteiger partial charge is 0.252 e. The van der Waals surface area contributed by atoms with Gasteiger partial charge in [0.15, 0.2) is 0 Å². The Bertz CT molecular complexity index is 770. The Morgan fingerprint density at radius 1 is 1.07 bits per heavy atom. The van der Waals surface area contributed by atoms with Gasteiger partial charge in [-0.25, -0.2) is 0 Å². The summed E-state index contributed by atoms with van der Waals surface area (Å²) in [6.07, 6.45) is 9.80. The number of hydrogen-bond donors (Lipinski definition) is 2. The molecule has 1 saturated heterocycles. The first kappa shape index (κ1) is 20.4. The Morgan fingerprint density at radius 3 is 2.43 bits per heavy atom. The Morgan fingerprint density at radius 2 is 1.77 bits per heavy atom. The van der Waals surface area contributed by atoms with Gasteiger partial charge >= 0.3 is 0 Å². The van der Waals surface area contributed by atoms with E-state index in [-0.39, 0.29) is 23.5 Å². The molecule has 1 aromatic rings. The highest BCUT2D eigenvalue weighted by atomic mass is 32.2. The molecule has 2 N–H and O–H groups in total. The van der Waals surface area contributed by atoms with Crippen molar-refractivity contribution in [2.24, 2.45) is 17.8 Å². The molecule has 4 saturated carbocycles. The van der Waals surface area contributed by atoms with E-state index in [0.29, 0.717) is 17.9 Å². The van der Waals surface area contributed by atoms with E-state index in [1.807, 2.05) is 24.3 Å². The normalized spacial score (nSPS) is 34.1. The summed E-state index contributed by atoms with van der Waals surface area (Å²) >= 11 is 1.47.